The molecule has 0 fully saturated rings. The first-order chi connectivity index (χ1) is 5.72. The van der Waals surface area contributed by atoms with Crippen molar-refractivity contribution in [3.8, 4) is 6.07 Å². The molecule has 3 heteroatoms. The first kappa shape index (κ1) is 8.69. The van der Waals surface area contributed by atoms with E-state index < -0.39 is 0 Å². The van der Waals surface area contributed by atoms with Gasteiger partial charge in [0.2, 0.25) is 0 Å². The van der Waals surface area contributed by atoms with Gasteiger partial charge in [0.25, 0.3) is 0 Å². The lowest BCUT2D eigenvalue weighted by atomic mass is 10.1. The van der Waals surface area contributed by atoms with Crippen molar-refractivity contribution in [1.82, 2.24) is 0 Å². The minimum absolute atomic E-state index is 0.472. The van der Waals surface area contributed by atoms with Crippen molar-refractivity contribution in [2.45, 2.75) is 6.42 Å². The van der Waals surface area contributed by atoms with E-state index in [-0.39, 0.29) is 0 Å². The zero-order chi connectivity index (χ0) is 8.97. The van der Waals surface area contributed by atoms with Gasteiger partial charge in [-0.15, -0.1) is 0 Å². The highest BCUT2D eigenvalue weighted by atomic mass is 32.1. The Labute approximate surface area is 76.6 Å². The fourth-order valence-corrected chi connectivity index (χ4v) is 1.06. The number of nitrogens with zero attached hydrogens (tertiary/aromatic N) is 1. The average molecular weight is 176 g/mol. The molecular formula is C9H8N2S. The van der Waals surface area contributed by atoms with E-state index in [9.17, 15) is 0 Å². The molecule has 0 spiro atoms. The fraction of sp³-hybridized carbons (Fsp3) is 0.111. The molecular weight excluding hydrogens is 168 g/mol. The molecule has 0 saturated heterocycles. The molecule has 0 aromatic heterocycles. The van der Waals surface area contributed by atoms with Gasteiger partial charge in [0, 0.05) is 6.42 Å². The molecule has 0 bridgehead atoms. The predicted octanol–water partition coefficient (Wildman–Crippen LogP) is 1.39. The van der Waals surface area contributed by atoms with Crippen LogP contribution in [-0.4, -0.2) is 4.99 Å². The summed E-state index contributed by atoms with van der Waals surface area (Å²) < 4.78 is 0. The molecule has 0 saturated carbocycles. The molecule has 60 valence electrons. The van der Waals surface area contributed by atoms with Gasteiger partial charge in [0.05, 0.1) is 16.6 Å². The number of nitriles is 1. The van der Waals surface area contributed by atoms with E-state index >= 15 is 0 Å². The summed E-state index contributed by atoms with van der Waals surface area (Å²) in [4.78, 5) is 0.472. The molecule has 0 unspecified atom stereocenters. The van der Waals surface area contributed by atoms with Gasteiger partial charge in [-0.1, -0.05) is 24.4 Å². The van der Waals surface area contributed by atoms with E-state index in [1.54, 1.807) is 12.1 Å². The van der Waals surface area contributed by atoms with Crippen molar-refractivity contribution < 1.29 is 0 Å². The lowest BCUT2D eigenvalue weighted by Crippen LogP contribution is -2.10. The molecule has 0 amide bonds. The second kappa shape index (κ2) is 3.84. The van der Waals surface area contributed by atoms with Crippen LogP contribution in [0.15, 0.2) is 24.3 Å². The first-order valence-corrected chi connectivity index (χ1v) is 3.90. The van der Waals surface area contributed by atoms with Gasteiger partial charge >= 0.3 is 0 Å². The molecule has 2 N–H and O–H groups in total. The van der Waals surface area contributed by atoms with Gasteiger partial charge < -0.3 is 5.73 Å². The van der Waals surface area contributed by atoms with Crippen LogP contribution in [0.1, 0.15) is 11.1 Å². The van der Waals surface area contributed by atoms with Gasteiger partial charge in [-0.05, 0) is 17.7 Å². The maximum Gasteiger partial charge on any atom is 0.0991 e. The van der Waals surface area contributed by atoms with Gasteiger partial charge in [0.1, 0.15) is 0 Å². The smallest absolute Gasteiger partial charge is 0.0991 e. The highest BCUT2D eigenvalue weighted by molar-refractivity contribution is 7.80. The minimum atomic E-state index is 0.472. The molecule has 1 aromatic carbocycles. The van der Waals surface area contributed by atoms with Crippen LogP contribution in [0.3, 0.4) is 0 Å². The highest BCUT2D eigenvalue weighted by Gasteiger charge is 1.94. The van der Waals surface area contributed by atoms with Crippen molar-refractivity contribution in [1.29, 1.82) is 5.26 Å². The van der Waals surface area contributed by atoms with Gasteiger partial charge in [-0.3, -0.25) is 0 Å². The molecule has 1 aromatic rings. The van der Waals surface area contributed by atoms with Crippen molar-refractivity contribution in [2.24, 2.45) is 5.73 Å². The van der Waals surface area contributed by atoms with Crippen molar-refractivity contribution >= 4 is 17.2 Å². The van der Waals surface area contributed by atoms with Crippen molar-refractivity contribution in [3.05, 3.63) is 35.4 Å². The molecule has 2 nitrogen and oxygen atoms in total. The van der Waals surface area contributed by atoms with Crippen LogP contribution < -0.4 is 5.73 Å². The Morgan fingerprint density at radius 2 is 2.00 bits per heavy atom. The van der Waals surface area contributed by atoms with E-state index in [2.05, 4.69) is 0 Å². The number of benzene rings is 1. The molecule has 0 aliphatic rings. The van der Waals surface area contributed by atoms with E-state index in [1.807, 2.05) is 18.2 Å². The summed E-state index contributed by atoms with van der Waals surface area (Å²) >= 11 is 4.75. The quantitative estimate of drug-likeness (QED) is 0.693. The molecule has 0 aliphatic heterocycles. The fourth-order valence-electron chi connectivity index (χ4n) is 0.898. The van der Waals surface area contributed by atoms with Crippen LogP contribution in [0.4, 0.5) is 0 Å². The second-order valence-corrected chi connectivity index (χ2v) is 2.98. The largest absolute Gasteiger partial charge is 0.393 e. The third-order valence-electron chi connectivity index (χ3n) is 1.46. The van der Waals surface area contributed by atoms with Gasteiger partial charge in [-0.2, -0.15) is 5.26 Å². The lowest BCUT2D eigenvalue weighted by molar-refractivity contribution is 1.32. The van der Waals surface area contributed by atoms with Crippen LogP contribution in [0.25, 0.3) is 0 Å². The number of rotatable bonds is 2. The topological polar surface area (TPSA) is 49.8 Å². The summed E-state index contributed by atoms with van der Waals surface area (Å²) in [5.74, 6) is 0. The van der Waals surface area contributed by atoms with Crippen LogP contribution in [-0.2, 0) is 6.42 Å². The van der Waals surface area contributed by atoms with Gasteiger partial charge in [-0.25, -0.2) is 0 Å². The normalized spacial score (nSPS) is 8.92. The average Bonchev–Trinajstić information content (AvgIpc) is 2.05. The Morgan fingerprint density at radius 1 is 1.42 bits per heavy atom. The van der Waals surface area contributed by atoms with E-state index in [4.69, 9.17) is 23.2 Å². The second-order valence-electron chi connectivity index (χ2n) is 2.45. The zero-order valence-corrected chi connectivity index (χ0v) is 7.27. The van der Waals surface area contributed by atoms with E-state index in [0.29, 0.717) is 17.0 Å². The molecule has 0 radical (unpaired) electrons. The minimum Gasteiger partial charge on any atom is -0.393 e. The summed E-state index contributed by atoms with van der Waals surface area (Å²) in [6.45, 7) is 0. The first-order valence-electron chi connectivity index (χ1n) is 3.49. The summed E-state index contributed by atoms with van der Waals surface area (Å²) in [6.07, 6.45) is 0.598. The Kier molecular flexibility index (Phi) is 2.78. The third kappa shape index (κ3) is 2.33. The lowest BCUT2D eigenvalue weighted by Gasteiger charge is -1.97. The SMILES string of the molecule is N#Cc1ccc(CC(N)=S)cc1. The number of nitrogens with two attached hydrogens (primary N) is 1. The predicted molar refractivity (Wildman–Crippen MR) is 51.6 cm³/mol. The number of thiocarbonyl (C=S) groups is 1. The third-order valence-corrected chi connectivity index (χ3v) is 1.61. The summed E-state index contributed by atoms with van der Waals surface area (Å²) in [5, 5.41) is 8.51. The maximum absolute atomic E-state index is 8.51. The standard InChI is InChI=1S/C9H8N2S/c10-6-8-3-1-7(2-4-8)5-9(11)12/h1-4H,5H2,(H2,11,12). The monoisotopic (exact) mass is 176 g/mol. The van der Waals surface area contributed by atoms with Crippen molar-refractivity contribution in [2.75, 3.05) is 0 Å². The Bertz CT molecular complexity index is 321. The highest BCUT2D eigenvalue weighted by Crippen LogP contribution is 2.03. The Balaban J connectivity index is 2.80. The molecule has 0 heterocycles. The molecule has 0 atom stereocenters. The summed E-state index contributed by atoms with van der Waals surface area (Å²) in [7, 11) is 0. The van der Waals surface area contributed by atoms with Crippen LogP contribution in [0, 0.1) is 11.3 Å². The van der Waals surface area contributed by atoms with Crippen LogP contribution in [0.5, 0.6) is 0 Å². The zero-order valence-electron chi connectivity index (χ0n) is 6.45. The van der Waals surface area contributed by atoms with E-state index in [0.717, 1.165) is 5.56 Å². The molecule has 12 heavy (non-hydrogen) atoms. The summed E-state index contributed by atoms with van der Waals surface area (Å²) in [6, 6.07) is 9.28. The van der Waals surface area contributed by atoms with Crippen LogP contribution in [0.2, 0.25) is 0 Å². The Morgan fingerprint density at radius 3 is 2.42 bits per heavy atom. The van der Waals surface area contributed by atoms with E-state index in [1.165, 1.54) is 0 Å². The van der Waals surface area contributed by atoms with Crippen LogP contribution >= 0.6 is 12.2 Å². The van der Waals surface area contributed by atoms with Crippen molar-refractivity contribution in [3.63, 3.8) is 0 Å². The maximum atomic E-state index is 8.51. The molecule has 0 aliphatic carbocycles. The van der Waals surface area contributed by atoms with Gasteiger partial charge in [0.15, 0.2) is 0 Å². The Hall–Kier alpha value is -1.40. The number of hydrogen-bond acceptors (Lipinski definition) is 2. The summed E-state index contributed by atoms with van der Waals surface area (Å²) in [5.41, 5.74) is 7.06. The number of hydrogen-bond donors (Lipinski definition) is 1. The molecule has 1 rings (SSSR count).